The second kappa shape index (κ2) is 7.34. The average molecular weight is 433 g/mol. The van der Waals surface area contributed by atoms with Crippen molar-refractivity contribution in [2.24, 2.45) is 12.8 Å². The van der Waals surface area contributed by atoms with Crippen LogP contribution >= 0.6 is 11.3 Å². The van der Waals surface area contributed by atoms with Gasteiger partial charge in [-0.05, 0) is 37.5 Å². The number of benzene rings is 1. The van der Waals surface area contributed by atoms with Gasteiger partial charge in [-0.2, -0.15) is 15.5 Å². The number of fused-ring (bicyclic) bond motifs is 1. The minimum Gasteiger partial charge on any atom is -0.488 e. The first kappa shape index (κ1) is 19.5. The van der Waals surface area contributed by atoms with Crippen LogP contribution in [-0.2, 0) is 13.6 Å². The van der Waals surface area contributed by atoms with Gasteiger partial charge in [-0.15, -0.1) is 11.3 Å². The third-order valence-electron chi connectivity index (χ3n) is 5.48. The molecular formula is C22H20N6O2S. The molecule has 0 aliphatic heterocycles. The van der Waals surface area contributed by atoms with Gasteiger partial charge in [0.2, 0.25) is 0 Å². The fourth-order valence-electron chi connectivity index (χ4n) is 3.75. The fraction of sp³-hybridized carbons (Fsp3) is 0.273. The number of rotatable bonds is 5. The SMILES string of the molecule is Cc1sc(-c2c(-c3ccc4c(=O)[nH]nc(CN)c4c3)cnn2C)c(C#N)c1OC1CC1. The molecule has 8 nitrogen and oxygen atoms in total. The van der Waals surface area contributed by atoms with Gasteiger partial charge < -0.3 is 10.5 Å². The molecule has 1 fully saturated rings. The maximum Gasteiger partial charge on any atom is 0.272 e. The molecule has 0 unspecified atom stereocenters. The van der Waals surface area contributed by atoms with Crippen molar-refractivity contribution in [3.05, 3.63) is 50.9 Å². The van der Waals surface area contributed by atoms with E-state index in [0.717, 1.165) is 39.4 Å². The van der Waals surface area contributed by atoms with Crippen molar-refractivity contribution in [1.29, 1.82) is 5.26 Å². The van der Waals surface area contributed by atoms with Crippen molar-refractivity contribution >= 4 is 22.1 Å². The second-order valence-corrected chi connectivity index (χ2v) is 8.84. The van der Waals surface area contributed by atoms with Crippen molar-refractivity contribution in [2.75, 3.05) is 0 Å². The normalized spacial score (nSPS) is 13.5. The first-order valence-electron chi connectivity index (χ1n) is 9.96. The van der Waals surface area contributed by atoms with Crippen molar-refractivity contribution < 1.29 is 4.74 Å². The molecule has 1 aliphatic rings. The predicted octanol–water partition coefficient (Wildman–Crippen LogP) is 3.23. The molecule has 3 aromatic heterocycles. The summed E-state index contributed by atoms with van der Waals surface area (Å²) >= 11 is 1.53. The summed E-state index contributed by atoms with van der Waals surface area (Å²) < 4.78 is 7.81. The first-order chi connectivity index (χ1) is 15.0. The van der Waals surface area contributed by atoms with Crippen molar-refractivity contribution in [1.82, 2.24) is 20.0 Å². The first-order valence-corrected chi connectivity index (χ1v) is 10.8. The highest BCUT2D eigenvalue weighted by molar-refractivity contribution is 7.16. The van der Waals surface area contributed by atoms with E-state index in [2.05, 4.69) is 21.4 Å². The molecule has 0 bridgehead atoms. The summed E-state index contributed by atoms with van der Waals surface area (Å²) in [5.74, 6) is 0.678. The third-order valence-corrected chi connectivity index (χ3v) is 6.57. The number of hydrogen-bond donors (Lipinski definition) is 2. The number of aryl methyl sites for hydroxylation is 2. The van der Waals surface area contributed by atoms with Crippen molar-refractivity contribution in [2.45, 2.75) is 32.4 Å². The molecular weight excluding hydrogens is 412 g/mol. The van der Waals surface area contributed by atoms with Crippen LogP contribution in [0.1, 0.15) is 29.0 Å². The Bertz CT molecular complexity index is 1420. The van der Waals surface area contributed by atoms with Crippen LogP contribution in [0.5, 0.6) is 5.75 Å². The number of hydrogen-bond acceptors (Lipinski definition) is 7. The number of nitriles is 1. The number of aromatic nitrogens is 4. The minimum absolute atomic E-state index is 0.208. The Morgan fingerprint density at radius 1 is 1.39 bits per heavy atom. The zero-order chi connectivity index (χ0) is 21.7. The van der Waals surface area contributed by atoms with E-state index >= 15 is 0 Å². The average Bonchev–Trinajstić information content (AvgIpc) is 3.43. The highest BCUT2D eigenvalue weighted by atomic mass is 32.1. The van der Waals surface area contributed by atoms with E-state index in [0.29, 0.717) is 27.8 Å². The van der Waals surface area contributed by atoms with Gasteiger partial charge in [0.25, 0.3) is 5.56 Å². The van der Waals surface area contributed by atoms with Crippen LogP contribution in [-0.4, -0.2) is 26.1 Å². The van der Waals surface area contributed by atoms with Crippen LogP contribution in [0.2, 0.25) is 0 Å². The van der Waals surface area contributed by atoms with Crippen LogP contribution in [0.3, 0.4) is 0 Å². The summed E-state index contributed by atoms with van der Waals surface area (Å²) in [6, 6.07) is 7.90. The van der Waals surface area contributed by atoms with Gasteiger partial charge in [0.1, 0.15) is 11.6 Å². The molecule has 9 heteroatoms. The van der Waals surface area contributed by atoms with Gasteiger partial charge in [0.15, 0.2) is 5.75 Å². The highest BCUT2D eigenvalue weighted by Crippen LogP contribution is 2.45. The molecule has 1 saturated carbocycles. The number of nitrogens with zero attached hydrogens (tertiary/aromatic N) is 4. The van der Waals surface area contributed by atoms with E-state index in [4.69, 9.17) is 10.5 Å². The number of ether oxygens (including phenoxy) is 1. The monoisotopic (exact) mass is 432 g/mol. The molecule has 0 spiro atoms. The van der Waals surface area contributed by atoms with Gasteiger partial charge in [-0.1, -0.05) is 6.07 Å². The van der Waals surface area contributed by atoms with E-state index < -0.39 is 0 Å². The molecule has 0 atom stereocenters. The lowest BCUT2D eigenvalue weighted by atomic mass is 10.00. The van der Waals surface area contributed by atoms with Crippen LogP contribution in [0.15, 0.2) is 29.2 Å². The lowest BCUT2D eigenvalue weighted by Crippen LogP contribution is -2.13. The second-order valence-electron chi connectivity index (χ2n) is 7.61. The lowest BCUT2D eigenvalue weighted by Gasteiger charge is -2.08. The Morgan fingerprint density at radius 2 is 2.19 bits per heavy atom. The van der Waals surface area contributed by atoms with Crippen molar-refractivity contribution in [3.63, 3.8) is 0 Å². The van der Waals surface area contributed by atoms with Gasteiger partial charge in [-0.25, -0.2) is 5.10 Å². The topological polar surface area (TPSA) is 123 Å². The predicted molar refractivity (Wildman–Crippen MR) is 119 cm³/mol. The Morgan fingerprint density at radius 3 is 2.90 bits per heavy atom. The summed E-state index contributed by atoms with van der Waals surface area (Å²) in [4.78, 5) is 14.0. The smallest absolute Gasteiger partial charge is 0.272 e. The molecule has 0 saturated heterocycles. The van der Waals surface area contributed by atoms with Gasteiger partial charge >= 0.3 is 0 Å². The molecule has 1 aliphatic carbocycles. The summed E-state index contributed by atoms with van der Waals surface area (Å²) in [5.41, 5.74) is 9.31. The summed E-state index contributed by atoms with van der Waals surface area (Å²) in [5, 5.41) is 22.2. The Kier molecular flexibility index (Phi) is 4.61. The van der Waals surface area contributed by atoms with E-state index in [1.165, 1.54) is 11.3 Å². The van der Waals surface area contributed by atoms with E-state index in [1.807, 2.05) is 26.1 Å². The van der Waals surface area contributed by atoms with E-state index in [-0.39, 0.29) is 18.2 Å². The third kappa shape index (κ3) is 3.21. The van der Waals surface area contributed by atoms with Crippen LogP contribution in [0.25, 0.3) is 32.5 Å². The maximum absolute atomic E-state index is 12.2. The molecule has 156 valence electrons. The summed E-state index contributed by atoms with van der Waals surface area (Å²) in [6.45, 7) is 2.19. The molecule has 31 heavy (non-hydrogen) atoms. The maximum atomic E-state index is 12.2. The Labute approximate surface area is 181 Å². The van der Waals surface area contributed by atoms with Gasteiger partial charge in [-0.3, -0.25) is 9.48 Å². The number of nitrogens with two attached hydrogens (primary N) is 1. The summed E-state index contributed by atoms with van der Waals surface area (Å²) in [6.07, 6.45) is 4.04. The fourth-order valence-corrected chi connectivity index (χ4v) is 4.88. The van der Waals surface area contributed by atoms with Crippen molar-refractivity contribution in [3.8, 4) is 33.5 Å². The quantitative estimate of drug-likeness (QED) is 0.499. The summed E-state index contributed by atoms with van der Waals surface area (Å²) in [7, 11) is 1.86. The lowest BCUT2D eigenvalue weighted by molar-refractivity contribution is 0.302. The van der Waals surface area contributed by atoms with E-state index in [9.17, 15) is 10.1 Å². The number of thiophene rings is 1. The highest BCUT2D eigenvalue weighted by Gasteiger charge is 2.29. The van der Waals surface area contributed by atoms with Crippen LogP contribution in [0.4, 0.5) is 0 Å². The molecule has 3 N–H and O–H groups in total. The molecule has 0 radical (unpaired) electrons. The van der Waals surface area contributed by atoms with E-state index in [1.54, 1.807) is 16.9 Å². The van der Waals surface area contributed by atoms with Gasteiger partial charge in [0.05, 0.1) is 34.0 Å². The number of H-pyrrole nitrogens is 1. The largest absolute Gasteiger partial charge is 0.488 e. The standard InChI is InChI=1S/C22H20N6O2S/c1-11-20(30-13-4-5-13)16(8-23)21(31-11)19-17(10-25-28(19)2)12-3-6-14-15(7-12)18(9-24)26-27-22(14)29/h3,6-7,10,13H,4-5,9,24H2,1-2H3,(H,27,29). The van der Waals surface area contributed by atoms with Gasteiger partial charge in [0, 0.05) is 29.4 Å². The van der Waals surface area contributed by atoms with Crippen LogP contribution in [0, 0.1) is 18.3 Å². The molecule has 1 aromatic carbocycles. The Balaban J connectivity index is 1.70. The zero-order valence-corrected chi connectivity index (χ0v) is 17.9. The minimum atomic E-state index is -0.257. The molecule has 5 rings (SSSR count). The Hall–Kier alpha value is -3.48. The molecule has 3 heterocycles. The zero-order valence-electron chi connectivity index (χ0n) is 17.1. The molecule has 0 amide bonds. The molecule has 4 aromatic rings. The number of nitrogens with one attached hydrogen (secondary N) is 1. The van der Waals surface area contributed by atoms with Crippen LogP contribution < -0.4 is 16.0 Å². The number of aromatic amines is 1.